The normalized spacial score (nSPS) is 10.2. The van der Waals surface area contributed by atoms with Gasteiger partial charge in [0.2, 0.25) is 5.95 Å². The third-order valence-corrected chi connectivity index (χ3v) is 3.54. The van der Waals surface area contributed by atoms with E-state index in [9.17, 15) is 4.79 Å². The molecule has 0 fully saturated rings. The Morgan fingerprint density at radius 1 is 0.958 bits per heavy atom. The summed E-state index contributed by atoms with van der Waals surface area (Å²) in [5.41, 5.74) is 2.45. The topological polar surface area (TPSA) is 58.1 Å². The van der Waals surface area contributed by atoms with Crippen LogP contribution in [0.1, 0.15) is 15.9 Å². The number of nitrogens with zero attached hydrogens (tertiary/aromatic N) is 3. The van der Waals surface area contributed by atoms with Crippen molar-refractivity contribution >= 4 is 17.5 Å². The van der Waals surface area contributed by atoms with E-state index in [2.05, 4.69) is 15.3 Å². The minimum atomic E-state index is -0.106. The monoisotopic (exact) mass is 318 g/mol. The van der Waals surface area contributed by atoms with E-state index < -0.39 is 0 Å². The molecule has 1 amide bonds. The lowest BCUT2D eigenvalue weighted by molar-refractivity contribution is 0.0784. The van der Waals surface area contributed by atoms with Gasteiger partial charge in [0, 0.05) is 31.7 Å². The second kappa shape index (κ2) is 7.37. The molecule has 1 N–H and O–H groups in total. The number of amides is 1. The van der Waals surface area contributed by atoms with Gasteiger partial charge in [-0.25, -0.2) is 9.97 Å². The van der Waals surface area contributed by atoms with Gasteiger partial charge in [0.15, 0.2) is 0 Å². The number of hydrogen-bond acceptors (Lipinski definition) is 4. The van der Waals surface area contributed by atoms with Gasteiger partial charge in [-0.05, 0) is 17.7 Å². The molecule has 2 aromatic carbocycles. The van der Waals surface area contributed by atoms with E-state index in [1.54, 1.807) is 24.3 Å². The largest absolute Gasteiger partial charge is 0.337 e. The zero-order chi connectivity index (χ0) is 16.8. The highest BCUT2D eigenvalue weighted by Gasteiger charge is 2.13. The molecule has 0 aliphatic rings. The molecule has 0 saturated heterocycles. The number of nitrogens with one attached hydrogen (secondary N) is 1. The van der Waals surface area contributed by atoms with Crippen LogP contribution < -0.4 is 5.32 Å². The lowest BCUT2D eigenvalue weighted by Gasteiger charge is -2.17. The van der Waals surface area contributed by atoms with Gasteiger partial charge < -0.3 is 10.2 Å². The van der Waals surface area contributed by atoms with Gasteiger partial charge >= 0.3 is 0 Å². The molecule has 120 valence electrons. The van der Waals surface area contributed by atoms with Crippen molar-refractivity contribution in [2.24, 2.45) is 0 Å². The smallest absolute Gasteiger partial charge is 0.257 e. The third-order valence-electron chi connectivity index (χ3n) is 3.54. The Morgan fingerprint density at radius 2 is 1.54 bits per heavy atom. The van der Waals surface area contributed by atoms with Crippen LogP contribution in [0.2, 0.25) is 0 Å². The summed E-state index contributed by atoms with van der Waals surface area (Å²) in [7, 11) is 1.77. The van der Waals surface area contributed by atoms with E-state index in [1.807, 2.05) is 60.7 Å². The number of aromatic nitrogens is 2. The number of rotatable bonds is 5. The lowest BCUT2D eigenvalue weighted by Crippen LogP contribution is -2.26. The van der Waals surface area contributed by atoms with Crippen molar-refractivity contribution in [3.63, 3.8) is 0 Å². The van der Waals surface area contributed by atoms with Crippen LogP contribution in [0.5, 0.6) is 0 Å². The summed E-state index contributed by atoms with van der Waals surface area (Å²) in [6, 6.07) is 19.5. The van der Waals surface area contributed by atoms with Crippen molar-refractivity contribution in [2.75, 3.05) is 12.4 Å². The van der Waals surface area contributed by atoms with E-state index in [0.717, 1.165) is 11.3 Å². The van der Waals surface area contributed by atoms with Crippen LogP contribution in [0.4, 0.5) is 11.6 Å². The maximum absolute atomic E-state index is 12.4. The molecule has 1 heterocycles. The number of para-hydroxylation sites is 1. The fourth-order valence-corrected chi connectivity index (χ4v) is 2.30. The first-order chi connectivity index (χ1) is 11.7. The average molecular weight is 318 g/mol. The molecule has 0 radical (unpaired) electrons. The molecular weight excluding hydrogens is 300 g/mol. The van der Waals surface area contributed by atoms with Crippen molar-refractivity contribution in [2.45, 2.75) is 6.54 Å². The summed E-state index contributed by atoms with van der Waals surface area (Å²) in [4.78, 5) is 22.5. The zero-order valence-electron chi connectivity index (χ0n) is 13.4. The minimum absolute atomic E-state index is 0.106. The predicted octanol–water partition coefficient (Wildman–Crippen LogP) is 3.49. The molecule has 0 aliphatic heterocycles. The highest BCUT2D eigenvalue weighted by molar-refractivity contribution is 5.93. The number of benzene rings is 2. The minimum Gasteiger partial charge on any atom is -0.337 e. The Kier molecular flexibility index (Phi) is 4.81. The Bertz CT molecular complexity index is 789. The zero-order valence-corrected chi connectivity index (χ0v) is 13.4. The number of anilines is 2. The van der Waals surface area contributed by atoms with Crippen molar-refractivity contribution in [3.8, 4) is 0 Å². The van der Waals surface area contributed by atoms with Crippen LogP contribution in [0.3, 0.4) is 0 Å². The third kappa shape index (κ3) is 3.95. The van der Waals surface area contributed by atoms with Crippen LogP contribution in [-0.2, 0) is 6.54 Å². The molecule has 3 aromatic rings. The van der Waals surface area contributed by atoms with Crippen molar-refractivity contribution in [3.05, 3.63) is 84.2 Å². The quantitative estimate of drug-likeness (QED) is 0.782. The first kappa shape index (κ1) is 15.7. The molecule has 0 atom stereocenters. The van der Waals surface area contributed by atoms with Gasteiger partial charge in [-0.2, -0.15) is 0 Å². The van der Waals surface area contributed by atoms with E-state index in [4.69, 9.17) is 0 Å². The second-order valence-corrected chi connectivity index (χ2v) is 5.43. The number of carbonyl (C=O) groups is 1. The van der Waals surface area contributed by atoms with E-state index >= 15 is 0 Å². The van der Waals surface area contributed by atoms with Gasteiger partial charge in [-0.15, -0.1) is 0 Å². The summed E-state index contributed by atoms with van der Waals surface area (Å²) < 4.78 is 0. The number of carbonyl (C=O) groups excluding carboxylic acids is 1. The Balaban J connectivity index is 1.65. The molecular formula is C19H18N4O. The van der Waals surface area contributed by atoms with Crippen LogP contribution in [0, 0.1) is 0 Å². The molecule has 1 aromatic heterocycles. The lowest BCUT2D eigenvalue weighted by atomic mass is 10.2. The van der Waals surface area contributed by atoms with E-state index in [1.165, 1.54) is 0 Å². The summed E-state index contributed by atoms with van der Waals surface area (Å²) >= 11 is 0. The van der Waals surface area contributed by atoms with Crippen LogP contribution in [0.25, 0.3) is 0 Å². The van der Waals surface area contributed by atoms with Gasteiger partial charge in [-0.1, -0.05) is 48.5 Å². The van der Waals surface area contributed by atoms with Crippen molar-refractivity contribution in [1.82, 2.24) is 14.9 Å². The molecule has 5 nitrogen and oxygen atoms in total. The highest BCUT2D eigenvalue weighted by atomic mass is 16.2. The summed E-state index contributed by atoms with van der Waals surface area (Å²) in [6.45, 7) is 0.545. The van der Waals surface area contributed by atoms with E-state index in [0.29, 0.717) is 18.1 Å². The van der Waals surface area contributed by atoms with Gasteiger partial charge in [-0.3, -0.25) is 4.79 Å². The molecule has 0 unspecified atom stereocenters. The fraction of sp³-hybridized carbons (Fsp3) is 0.105. The Hall–Kier alpha value is -3.21. The summed E-state index contributed by atoms with van der Waals surface area (Å²) in [6.07, 6.45) is 3.09. The SMILES string of the molecule is CN(Cc1ccccc1)C(=O)c1cnc(Nc2ccccc2)nc1. The standard InChI is InChI=1S/C19H18N4O/c1-23(14-15-8-4-2-5-9-15)18(24)16-12-20-19(21-13-16)22-17-10-6-3-7-11-17/h2-13H,14H2,1H3,(H,20,21,22). The van der Waals surface area contributed by atoms with Crippen molar-refractivity contribution in [1.29, 1.82) is 0 Å². The van der Waals surface area contributed by atoms with Gasteiger partial charge in [0.25, 0.3) is 5.91 Å². The Labute approximate surface area is 141 Å². The molecule has 5 heteroatoms. The number of hydrogen-bond donors (Lipinski definition) is 1. The Morgan fingerprint density at radius 3 is 2.17 bits per heavy atom. The van der Waals surface area contributed by atoms with Gasteiger partial charge in [0.05, 0.1) is 5.56 Å². The summed E-state index contributed by atoms with van der Waals surface area (Å²) in [5.74, 6) is 0.355. The molecule has 0 aliphatic carbocycles. The average Bonchev–Trinajstić information content (AvgIpc) is 2.63. The van der Waals surface area contributed by atoms with Crippen LogP contribution in [-0.4, -0.2) is 27.8 Å². The molecule has 0 saturated carbocycles. The van der Waals surface area contributed by atoms with Crippen molar-refractivity contribution < 1.29 is 4.79 Å². The maximum Gasteiger partial charge on any atom is 0.257 e. The predicted molar refractivity (Wildman–Crippen MR) is 94.0 cm³/mol. The second-order valence-electron chi connectivity index (χ2n) is 5.43. The molecule has 0 spiro atoms. The first-order valence-corrected chi connectivity index (χ1v) is 7.66. The molecule has 24 heavy (non-hydrogen) atoms. The van der Waals surface area contributed by atoms with E-state index in [-0.39, 0.29) is 5.91 Å². The maximum atomic E-state index is 12.4. The van der Waals surface area contributed by atoms with Crippen LogP contribution in [0.15, 0.2) is 73.1 Å². The first-order valence-electron chi connectivity index (χ1n) is 7.66. The van der Waals surface area contributed by atoms with Crippen LogP contribution >= 0.6 is 0 Å². The highest BCUT2D eigenvalue weighted by Crippen LogP contribution is 2.12. The molecule has 0 bridgehead atoms. The fourth-order valence-electron chi connectivity index (χ4n) is 2.30. The molecule has 3 rings (SSSR count). The van der Waals surface area contributed by atoms with Gasteiger partial charge in [0.1, 0.15) is 0 Å². The summed E-state index contributed by atoms with van der Waals surface area (Å²) in [5, 5.41) is 3.09.